The maximum atomic E-state index is 13.8. The molecule has 0 aliphatic heterocycles. The van der Waals surface area contributed by atoms with Crippen LogP contribution in [-0.4, -0.2) is 21.1 Å². The van der Waals surface area contributed by atoms with E-state index < -0.39 is 11.6 Å². The predicted molar refractivity (Wildman–Crippen MR) is 89.8 cm³/mol. The van der Waals surface area contributed by atoms with Gasteiger partial charge in [0.05, 0.1) is 0 Å². The molecule has 0 atom stereocenters. The fourth-order valence-corrected chi connectivity index (χ4v) is 2.24. The van der Waals surface area contributed by atoms with Crippen molar-refractivity contribution in [1.29, 1.82) is 0 Å². The van der Waals surface area contributed by atoms with Crippen molar-refractivity contribution in [2.24, 2.45) is 0 Å². The summed E-state index contributed by atoms with van der Waals surface area (Å²) in [4.78, 5) is 16.2. The Hall–Kier alpha value is -3.29. The van der Waals surface area contributed by atoms with Gasteiger partial charge in [0.25, 0.3) is 5.91 Å². The smallest absolute Gasteiger partial charge is 0.272 e. The van der Waals surface area contributed by atoms with Crippen LogP contribution in [-0.2, 0) is 13.0 Å². The van der Waals surface area contributed by atoms with Gasteiger partial charge in [0, 0.05) is 30.1 Å². The molecule has 2 N–H and O–H groups in total. The van der Waals surface area contributed by atoms with E-state index in [1.54, 1.807) is 18.2 Å². The molecule has 6 nitrogen and oxygen atoms in total. The Labute approximate surface area is 148 Å². The molecule has 0 aliphatic rings. The first kappa shape index (κ1) is 17.5. The van der Waals surface area contributed by atoms with E-state index in [-0.39, 0.29) is 29.8 Å². The number of pyridine rings is 1. The van der Waals surface area contributed by atoms with Crippen LogP contribution >= 0.6 is 0 Å². The highest BCUT2D eigenvalue weighted by Crippen LogP contribution is 2.26. The van der Waals surface area contributed by atoms with E-state index in [1.807, 2.05) is 6.92 Å². The Morgan fingerprint density at radius 1 is 1.27 bits per heavy atom. The third kappa shape index (κ3) is 4.02. The second-order valence-electron chi connectivity index (χ2n) is 5.46. The van der Waals surface area contributed by atoms with Gasteiger partial charge in [0.2, 0.25) is 5.88 Å². The average molecular weight is 358 g/mol. The minimum Gasteiger partial charge on any atom is -0.436 e. The average Bonchev–Trinajstić information content (AvgIpc) is 3.12. The lowest BCUT2D eigenvalue weighted by Crippen LogP contribution is -2.23. The Bertz CT molecular complexity index is 927. The van der Waals surface area contributed by atoms with Gasteiger partial charge in [-0.1, -0.05) is 13.0 Å². The summed E-state index contributed by atoms with van der Waals surface area (Å²) in [5, 5.41) is 9.42. The monoisotopic (exact) mass is 358 g/mol. The van der Waals surface area contributed by atoms with Gasteiger partial charge in [-0.15, -0.1) is 0 Å². The first-order chi connectivity index (χ1) is 12.6. The Balaban J connectivity index is 1.71. The van der Waals surface area contributed by atoms with Crippen LogP contribution in [0.25, 0.3) is 0 Å². The number of aryl methyl sites for hydroxylation is 1. The van der Waals surface area contributed by atoms with Crippen molar-refractivity contribution in [3.8, 4) is 11.6 Å². The van der Waals surface area contributed by atoms with Crippen LogP contribution in [0.15, 0.2) is 42.6 Å². The summed E-state index contributed by atoms with van der Waals surface area (Å²) < 4.78 is 32.2. The molecule has 3 rings (SSSR count). The largest absolute Gasteiger partial charge is 0.436 e. The topological polar surface area (TPSA) is 79.9 Å². The molecular formula is C18H16F2N4O2. The number of H-pyrrole nitrogens is 1. The number of hydrogen-bond acceptors (Lipinski definition) is 4. The number of carbonyl (C=O) groups excluding carboxylic acids is 1. The number of nitrogens with zero attached hydrogens (tertiary/aromatic N) is 2. The minimum absolute atomic E-state index is 0.110. The number of nitrogens with one attached hydrogen (secondary N) is 2. The lowest BCUT2D eigenvalue weighted by molar-refractivity contribution is 0.0945. The van der Waals surface area contributed by atoms with Crippen LogP contribution in [0, 0.1) is 11.6 Å². The fourth-order valence-electron chi connectivity index (χ4n) is 2.24. The lowest BCUT2D eigenvalue weighted by atomic mass is 10.2. The van der Waals surface area contributed by atoms with Gasteiger partial charge < -0.3 is 10.1 Å². The number of hydrogen-bond donors (Lipinski definition) is 2. The van der Waals surface area contributed by atoms with Crippen LogP contribution in [0.3, 0.4) is 0 Å². The number of amides is 1. The number of carbonyl (C=O) groups is 1. The molecule has 0 fully saturated rings. The van der Waals surface area contributed by atoms with E-state index >= 15 is 0 Å². The van der Waals surface area contributed by atoms with Crippen LogP contribution in [0.4, 0.5) is 8.78 Å². The Morgan fingerprint density at radius 2 is 2.12 bits per heavy atom. The van der Waals surface area contributed by atoms with Crippen molar-refractivity contribution in [3.63, 3.8) is 0 Å². The normalized spacial score (nSPS) is 10.6. The third-order valence-electron chi connectivity index (χ3n) is 3.63. The molecule has 8 heteroatoms. The van der Waals surface area contributed by atoms with Gasteiger partial charge in [0.15, 0.2) is 11.6 Å². The third-order valence-corrected chi connectivity index (χ3v) is 3.63. The summed E-state index contributed by atoms with van der Waals surface area (Å²) in [6, 6.07) is 8.01. The number of benzene rings is 1. The summed E-state index contributed by atoms with van der Waals surface area (Å²) in [7, 11) is 0. The Morgan fingerprint density at radius 3 is 2.85 bits per heavy atom. The van der Waals surface area contributed by atoms with Crippen LogP contribution in [0.1, 0.15) is 28.7 Å². The van der Waals surface area contributed by atoms with E-state index in [1.165, 1.54) is 12.3 Å². The minimum atomic E-state index is -0.839. The van der Waals surface area contributed by atoms with Crippen molar-refractivity contribution in [2.75, 3.05) is 0 Å². The molecule has 1 aromatic carbocycles. The zero-order valence-corrected chi connectivity index (χ0v) is 13.9. The highest BCUT2D eigenvalue weighted by Gasteiger charge is 2.13. The zero-order chi connectivity index (χ0) is 18.5. The van der Waals surface area contributed by atoms with Gasteiger partial charge >= 0.3 is 0 Å². The molecule has 2 aromatic heterocycles. The number of ether oxygens (including phenoxy) is 1. The van der Waals surface area contributed by atoms with Gasteiger partial charge in [-0.25, -0.2) is 13.8 Å². The molecule has 1 amide bonds. The number of aromatic amines is 1. The Kier molecular flexibility index (Phi) is 5.21. The molecule has 0 saturated heterocycles. The highest BCUT2D eigenvalue weighted by atomic mass is 19.1. The van der Waals surface area contributed by atoms with Crippen molar-refractivity contribution < 1.29 is 18.3 Å². The summed E-state index contributed by atoms with van der Waals surface area (Å²) in [5.74, 6) is -1.93. The number of halogens is 2. The molecule has 2 heterocycles. The standard InChI is InChI=1S/C18H16F2N4O2/c1-2-13-9-15(24-23-13)17(25)22-10-11-4-3-7-21-18(11)26-16-6-5-12(19)8-14(16)20/h3-9H,2,10H2,1H3,(H,22,25)(H,23,24). The van der Waals surface area contributed by atoms with Gasteiger partial charge in [-0.3, -0.25) is 9.89 Å². The van der Waals surface area contributed by atoms with E-state index in [2.05, 4.69) is 20.5 Å². The van der Waals surface area contributed by atoms with Crippen LogP contribution in [0.2, 0.25) is 0 Å². The second kappa shape index (κ2) is 7.73. The SMILES string of the molecule is CCc1cc(C(=O)NCc2cccnc2Oc2ccc(F)cc2F)n[nH]1. The molecule has 3 aromatic rings. The van der Waals surface area contributed by atoms with Crippen molar-refractivity contribution in [3.05, 3.63) is 71.2 Å². The van der Waals surface area contributed by atoms with Crippen LogP contribution in [0.5, 0.6) is 11.6 Å². The summed E-state index contributed by atoms with van der Waals surface area (Å²) >= 11 is 0. The summed E-state index contributed by atoms with van der Waals surface area (Å²) in [6.45, 7) is 2.06. The maximum Gasteiger partial charge on any atom is 0.272 e. The summed E-state index contributed by atoms with van der Waals surface area (Å²) in [5.41, 5.74) is 1.67. The van der Waals surface area contributed by atoms with Crippen molar-refractivity contribution >= 4 is 5.91 Å². The van der Waals surface area contributed by atoms with Crippen molar-refractivity contribution in [2.45, 2.75) is 19.9 Å². The molecular weight excluding hydrogens is 342 g/mol. The molecule has 0 radical (unpaired) electrons. The van der Waals surface area contributed by atoms with Crippen molar-refractivity contribution in [1.82, 2.24) is 20.5 Å². The van der Waals surface area contributed by atoms with E-state index in [4.69, 9.17) is 4.74 Å². The quantitative estimate of drug-likeness (QED) is 0.708. The van der Waals surface area contributed by atoms with E-state index in [0.717, 1.165) is 24.2 Å². The number of aromatic nitrogens is 3. The van der Waals surface area contributed by atoms with E-state index in [0.29, 0.717) is 5.56 Å². The maximum absolute atomic E-state index is 13.8. The first-order valence-electron chi connectivity index (χ1n) is 7.96. The fraction of sp³-hybridized carbons (Fsp3) is 0.167. The van der Waals surface area contributed by atoms with Gasteiger partial charge in [-0.2, -0.15) is 5.10 Å². The lowest BCUT2D eigenvalue weighted by Gasteiger charge is -2.11. The molecule has 134 valence electrons. The van der Waals surface area contributed by atoms with Crippen LogP contribution < -0.4 is 10.1 Å². The first-order valence-corrected chi connectivity index (χ1v) is 7.96. The molecule has 0 aliphatic carbocycles. The molecule has 26 heavy (non-hydrogen) atoms. The zero-order valence-electron chi connectivity index (χ0n) is 13.9. The van der Waals surface area contributed by atoms with E-state index in [9.17, 15) is 13.6 Å². The highest BCUT2D eigenvalue weighted by molar-refractivity contribution is 5.92. The van der Waals surface area contributed by atoms with Gasteiger partial charge in [-0.05, 0) is 30.7 Å². The number of rotatable bonds is 6. The van der Waals surface area contributed by atoms with Gasteiger partial charge in [0.1, 0.15) is 11.5 Å². The second-order valence-corrected chi connectivity index (χ2v) is 5.46. The molecule has 0 spiro atoms. The predicted octanol–water partition coefficient (Wildman–Crippen LogP) is 3.37. The summed E-state index contributed by atoms with van der Waals surface area (Å²) in [6.07, 6.45) is 2.22. The molecule has 0 unspecified atom stereocenters. The molecule has 0 saturated carbocycles. The molecule has 0 bridgehead atoms.